The lowest BCUT2D eigenvalue weighted by Gasteiger charge is -2.39. The Hall–Kier alpha value is -5.62. The number of halogens is 1. The largest absolute Gasteiger partial charge is 1.00 e. The van der Waals surface area contributed by atoms with Gasteiger partial charge >= 0.3 is 23.9 Å². The van der Waals surface area contributed by atoms with Crippen molar-refractivity contribution in [2.45, 2.75) is 113 Å². The second-order valence-corrected chi connectivity index (χ2v) is 20.4. The number of epoxide rings is 1. The summed E-state index contributed by atoms with van der Waals surface area (Å²) in [6, 6.07) is 24.1. The van der Waals surface area contributed by atoms with E-state index in [-0.39, 0.29) is 77.3 Å². The van der Waals surface area contributed by atoms with Crippen molar-refractivity contribution in [2.75, 3.05) is 52.6 Å². The highest BCUT2D eigenvalue weighted by Gasteiger charge is 2.25. The molecule has 0 bridgehead atoms. The van der Waals surface area contributed by atoms with Gasteiger partial charge in [0.1, 0.15) is 32.0 Å². The number of rotatable bonds is 22. The Morgan fingerprint density at radius 2 is 1.01 bits per heavy atom. The molecule has 2 atom stereocenters. The maximum atomic E-state index is 12.7. The Bertz CT molecular complexity index is 2930. The summed E-state index contributed by atoms with van der Waals surface area (Å²) in [5.41, 5.74) is 0.733. The van der Waals surface area contributed by atoms with E-state index in [9.17, 15) is 33.9 Å². The van der Waals surface area contributed by atoms with E-state index in [1.807, 2.05) is 30.3 Å². The zero-order valence-corrected chi connectivity index (χ0v) is 46.8. The second-order valence-electron chi connectivity index (χ2n) is 18.2. The molecule has 13 nitrogen and oxygen atoms in total. The van der Waals surface area contributed by atoms with E-state index in [1.165, 1.54) is 130 Å². The fourth-order valence-corrected chi connectivity index (χ4v) is 9.67. The van der Waals surface area contributed by atoms with Crippen LogP contribution in [0.15, 0.2) is 119 Å². The third-order valence-corrected chi connectivity index (χ3v) is 14.2. The van der Waals surface area contributed by atoms with Gasteiger partial charge in [0, 0.05) is 51.5 Å². The number of carboxylic acid groups (broad SMARTS) is 1. The molecule has 0 saturated carbocycles. The van der Waals surface area contributed by atoms with Crippen LogP contribution in [-0.2, 0) is 28.5 Å². The van der Waals surface area contributed by atoms with Crippen LogP contribution in [0.1, 0.15) is 121 Å². The van der Waals surface area contributed by atoms with Gasteiger partial charge in [0.15, 0.2) is 10.9 Å². The van der Waals surface area contributed by atoms with Gasteiger partial charge in [0.25, 0.3) is 0 Å². The van der Waals surface area contributed by atoms with Gasteiger partial charge in [-0.15, -0.1) is 22.7 Å². The topological polar surface area (TPSA) is 183 Å². The normalized spacial score (nSPS) is 12.7. The highest BCUT2D eigenvalue weighted by Crippen LogP contribution is 2.27. The minimum Gasteiger partial charge on any atom is -1.00 e. The summed E-state index contributed by atoms with van der Waals surface area (Å²) in [6.07, 6.45) is 10.0. The third-order valence-electron chi connectivity index (χ3n) is 11.9. The monoisotopic (exact) mass is 1130 g/mol. The van der Waals surface area contributed by atoms with Crippen LogP contribution in [0.5, 0.6) is 0 Å². The van der Waals surface area contributed by atoms with Gasteiger partial charge in [-0.2, -0.15) is 0 Å². The molecule has 7 rings (SSSR count). The number of hydrogen-bond donors (Lipinski definition) is 2. The molecule has 1 fully saturated rings. The van der Waals surface area contributed by atoms with E-state index in [0.717, 1.165) is 18.8 Å². The molecule has 75 heavy (non-hydrogen) atoms. The molecule has 1 saturated heterocycles. The molecule has 4 aromatic carbocycles. The smallest absolute Gasteiger partial charge is 0.338 e. The van der Waals surface area contributed by atoms with Crippen molar-refractivity contribution >= 4 is 86.9 Å². The van der Waals surface area contributed by atoms with Crippen molar-refractivity contribution < 1.29 is 69.8 Å². The lowest BCUT2D eigenvalue weighted by atomic mass is 10.1. The number of fused-ring (bicyclic) bond motifs is 4. The molecule has 1 aliphatic rings. The first-order valence-corrected chi connectivity index (χ1v) is 26.7. The minimum atomic E-state index is -1.16. The molecule has 6 aromatic rings. The summed E-state index contributed by atoms with van der Waals surface area (Å²) in [6.45, 7) is 25.4. The maximum absolute atomic E-state index is 12.7. The van der Waals surface area contributed by atoms with Crippen LogP contribution >= 0.6 is 22.7 Å². The molecule has 0 amide bonds. The zero-order valence-electron chi connectivity index (χ0n) is 43.6. The molecule has 2 aromatic heterocycles. The summed E-state index contributed by atoms with van der Waals surface area (Å²) in [7, 11) is 0. The first kappa shape index (κ1) is 65.5. The molecule has 2 N–H and O–H groups in total. The van der Waals surface area contributed by atoms with Crippen LogP contribution in [0.2, 0.25) is 0 Å². The van der Waals surface area contributed by atoms with Crippen molar-refractivity contribution in [3.63, 3.8) is 0 Å². The quantitative estimate of drug-likeness (QED) is 0.0164. The predicted octanol–water partition coefficient (Wildman–Crippen LogP) is 9.31. The number of carboxylic acids is 1. The Kier molecular flexibility index (Phi) is 29.2. The van der Waals surface area contributed by atoms with Gasteiger partial charge in [0.2, 0.25) is 0 Å². The van der Waals surface area contributed by atoms with Gasteiger partial charge in [0.05, 0.1) is 43.9 Å². The Balaban J connectivity index is 0.000000359. The number of benzene rings is 4. The fourth-order valence-electron chi connectivity index (χ4n) is 7.57. The summed E-state index contributed by atoms with van der Waals surface area (Å²) in [5.74, 6) is -2.66. The van der Waals surface area contributed by atoms with E-state index in [2.05, 4.69) is 40.9 Å². The number of esters is 3. The van der Waals surface area contributed by atoms with Crippen LogP contribution in [0, 0.1) is 0 Å². The summed E-state index contributed by atoms with van der Waals surface area (Å²) in [5, 5.41) is 20.9. The molecule has 0 aliphatic carbocycles. The minimum absolute atomic E-state index is 0. The van der Waals surface area contributed by atoms with Crippen molar-refractivity contribution in [1.82, 2.24) is 0 Å². The van der Waals surface area contributed by atoms with Crippen molar-refractivity contribution in [2.24, 2.45) is 0 Å². The Labute approximate surface area is 460 Å². The zero-order chi connectivity index (χ0) is 53.5. The molecular weight excluding hydrogens is 1060 g/mol. The van der Waals surface area contributed by atoms with E-state index >= 15 is 0 Å². The highest BCUT2D eigenvalue weighted by atomic mass is 79.9. The summed E-state index contributed by atoms with van der Waals surface area (Å²) < 4.78 is 24.2. The van der Waals surface area contributed by atoms with Gasteiger partial charge in [-0.25, -0.2) is 19.2 Å². The van der Waals surface area contributed by atoms with Crippen LogP contribution in [-0.4, -0.2) is 103 Å². The van der Waals surface area contributed by atoms with Crippen LogP contribution in [0.4, 0.5) is 0 Å². The van der Waals surface area contributed by atoms with Gasteiger partial charge < -0.3 is 50.6 Å². The van der Waals surface area contributed by atoms with E-state index in [1.54, 1.807) is 43.3 Å². The van der Waals surface area contributed by atoms with Crippen molar-refractivity contribution in [3.05, 3.63) is 141 Å². The molecule has 0 spiro atoms. The van der Waals surface area contributed by atoms with Crippen LogP contribution < -0.4 is 27.8 Å². The van der Waals surface area contributed by atoms with Gasteiger partial charge in [-0.1, -0.05) is 98.2 Å². The van der Waals surface area contributed by atoms with Crippen molar-refractivity contribution in [3.8, 4) is 0 Å². The second kappa shape index (κ2) is 33.4. The number of quaternary nitrogens is 1. The number of hydrogen-bond acceptors (Lipinski definition) is 13. The van der Waals surface area contributed by atoms with Gasteiger partial charge in [-0.3, -0.25) is 9.59 Å². The van der Waals surface area contributed by atoms with E-state index in [4.69, 9.17) is 24.1 Å². The number of carbonyl (C=O) groups excluding carboxylic acids is 3. The lowest BCUT2D eigenvalue weighted by molar-refractivity contribution is -0.929. The maximum Gasteiger partial charge on any atom is 0.338 e. The summed E-state index contributed by atoms with van der Waals surface area (Å²) >= 11 is 2.96. The van der Waals surface area contributed by atoms with Crippen LogP contribution in [0.3, 0.4) is 0 Å². The van der Waals surface area contributed by atoms with E-state index in [0.29, 0.717) is 40.3 Å². The number of unbranched alkanes of at least 4 members (excludes halogenated alkanes) is 4. The molecular formula is C59H76BrNO12S2. The Morgan fingerprint density at radius 3 is 1.43 bits per heavy atom. The predicted molar refractivity (Wildman–Crippen MR) is 302 cm³/mol. The molecule has 16 heteroatoms. The number of ether oxygens (including phenoxy) is 4. The number of nitrogens with zero attached hydrogens (tertiary/aromatic N) is 1. The summed E-state index contributed by atoms with van der Waals surface area (Å²) in [4.78, 5) is 70.1. The average molecular weight is 1140 g/mol. The number of aromatic carboxylic acids is 1. The Morgan fingerprint density at radius 1 is 0.627 bits per heavy atom. The first-order chi connectivity index (χ1) is 35.0. The standard InChI is InChI=1S/C21H18O6S.C16H36N.C14H8O3S.C7H10O3.CH4.BrH/c1-12(2)20(24)26-10-14(22)11-27-21(25)13-7-8-18-16(9-13)19(23)15-5-3-4-6-17(15)28-18;1-5-9-13-17(14-10-6-2,15-11-7-3)16-12-8-4;15-13-9-3-1-2-4-11(9)18-12-6-5-8(14(16)17)7-10(12)13;1-5(2)7(8)10-4-6-3-9-6;;/h3-9,14,22H,1,10-11H2,2H3;5-16H2,1-4H3;1-7H,(H,16,17);6H,1,3-4H2,2H3;1H4;1H/q;+1;;;;/p-1. The number of aliphatic hydroxyl groups excluding tert-OH is 1. The SMILES string of the molecule is C.C=C(C)C(=O)OCC(O)COC(=O)c1ccc2sc3ccccc3c(=O)c2c1.C=C(C)C(=O)OCC1CO1.CCCC[N+](CCCC)(CCCC)CCCC.O=C(O)c1ccc2sc3ccccc3c(=O)c2c1.[Br-]. The molecule has 0 radical (unpaired) electrons. The van der Waals surface area contributed by atoms with E-state index < -0.39 is 24.0 Å². The van der Waals surface area contributed by atoms with Crippen molar-refractivity contribution in [1.29, 1.82) is 0 Å². The fraction of sp³-hybridized carbons (Fsp3) is 0.424. The third kappa shape index (κ3) is 20.8. The first-order valence-electron chi connectivity index (χ1n) is 25.1. The molecule has 408 valence electrons. The molecule has 2 unspecified atom stereocenters. The van der Waals surface area contributed by atoms with Gasteiger partial charge in [-0.05, 0) is 100 Å². The highest BCUT2D eigenvalue weighted by molar-refractivity contribution is 7.25. The van der Waals surface area contributed by atoms with Crippen LogP contribution in [0.25, 0.3) is 40.3 Å². The lowest BCUT2D eigenvalue weighted by Crippen LogP contribution is -3.00. The molecule has 3 heterocycles. The number of aliphatic hydroxyl groups is 1. The molecule has 1 aliphatic heterocycles. The average Bonchev–Trinajstić information content (AvgIpc) is 4.23. The number of carbonyl (C=O) groups is 4.